The van der Waals surface area contributed by atoms with Crippen LogP contribution < -0.4 is 14.8 Å². The highest BCUT2D eigenvalue weighted by Gasteiger charge is 2.12. The van der Waals surface area contributed by atoms with E-state index in [1.807, 2.05) is 6.07 Å². The highest BCUT2D eigenvalue weighted by Crippen LogP contribution is 2.22. The van der Waals surface area contributed by atoms with Crippen LogP contribution >= 0.6 is 0 Å². The number of rotatable bonds is 10. The molecule has 3 nitrogen and oxygen atoms in total. The first kappa shape index (κ1) is 19.8. The predicted molar refractivity (Wildman–Crippen MR) is 112 cm³/mol. The molecule has 0 amide bonds. The van der Waals surface area contributed by atoms with E-state index in [0.717, 1.165) is 43.9 Å². The number of para-hydroxylation sites is 1. The molecule has 1 saturated heterocycles. The normalized spacial score (nSPS) is 16.9. The van der Waals surface area contributed by atoms with Gasteiger partial charge in [0.1, 0.15) is 11.5 Å². The van der Waals surface area contributed by atoms with Gasteiger partial charge in [-0.05, 0) is 80.8 Å². The van der Waals surface area contributed by atoms with Crippen LogP contribution in [-0.4, -0.2) is 26.3 Å². The van der Waals surface area contributed by atoms with Gasteiger partial charge in [0.15, 0.2) is 0 Å². The molecule has 27 heavy (non-hydrogen) atoms. The van der Waals surface area contributed by atoms with Gasteiger partial charge in [0.25, 0.3) is 0 Å². The topological polar surface area (TPSA) is 30.5 Å². The van der Waals surface area contributed by atoms with E-state index in [4.69, 9.17) is 9.47 Å². The first-order valence-corrected chi connectivity index (χ1v) is 10.4. The average molecular weight is 368 g/mol. The van der Waals surface area contributed by atoms with Gasteiger partial charge in [-0.3, -0.25) is 0 Å². The molecular weight excluding hydrogens is 334 g/mol. The Morgan fingerprint density at radius 2 is 1.89 bits per heavy atom. The summed E-state index contributed by atoms with van der Waals surface area (Å²) in [6, 6.07) is 17.5. The van der Waals surface area contributed by atoms with Gasteiger partial charge >= 0.3 is 0 Å². The Balaban J connectivity index is 1.41. The highest BCUT2D eigenvalue weighted by atomic mass is 16.5. The molecule has 0 saturated carbocycles. The summed E-state index contributed by atoms with van der Waals surface area (Å²) in [6.45, 7) is 1.97. The number of ether oxygens (including phenoxy) is 2. The van der Waals surface area contributed by atoms with E-state index >= 15 is 0 Å². The fraction of sp³-hybridized carbons (Fsp3) is 0.500. The fourth-order valence-electron chi connectivity index (χ4n) is 3.81. The fourth-order valence-corrected chi connectivity index (χ4v) is 3.81. The lowest BCUT2D eigenvalue weighted by Gasteiger charge is -2.23. The maximum Gasteiger partial charge on any atom is 0.122 e. The molecule has 3 heteroatoms. The van der Waals surface area contributed by atoms with Crippen molar-refractivity contribution in [3.63, 3.8) is 0 Å². The zero-order chi connectivity index (χ0) is 18.7. The van der Waals surface area contributed by atoms with Gasteiger partial charge in [-0.15, -0.1) is 0 Å². The highest BCUT2D eigenvalue weighted by molar-refractivity contribution is 5.33. The first-order valence-electron chi connectivity index (χ1n) is 10.4. The SMILES string of the molecule is COc1cccc(CCCCc2ccccc2OCCC2CCCCN2)c1. The zero-order valence-electron chi connectivity index (χ0n) is 16.6. The molecule has 1 heterocycles. The second-order valence-electron chi connectivity index (χ2n) is 7.45. The number of methoxy groups -OCH3 is 1. The van der Waals surface area contributed by atoms with E-state index in [1.54, 1.807) is 7.11 Å². The number of nitrogens with one attached hydrogen (secondary N) is 1. The molecular formula is C24H33NO2. The molecule has 2 aromatic carbocycles. The third-order valence-electron chi connectivity index (χ3n) is 5.40. The summed E-state index contributed by atoms with van der Waals surface area (Å²) in [5.41, 5.74) is 2.68. The third kappa shape index (κ3) is 6.59. The maximum atomic E-state index is 6.13. The van der Waals surface area contributed by atoms with Crippen molar-refractivity contribution < 1.29 is 9.47 Å². The number of unbranched alkanes of at least 4 members (excludes halogenated alkanes) is 1. The van der Waals surface area contributed by atoms with Crippen LogP contribution in [0.2, 0.25) is 0 Å². The van der Waals surface area contributed by atoms with Crippen LogP contribution in [0.5, 0.6) is 11.5 Å². The number of benzene rings is 2. The van der Waals surface area contributed by atoms with Crippen LogP contribution in [0.4, 0.5) is 0 Å². The Hall–Kier alpha value is -2.00. The minimum Gasteiger partial charge on any atom is -0.497 e. The van der Waals surface area contributed by atoms with E-state index in [9.17, 15) is 0 Å². The van der Waals surface area contributed by atoms with Crippen LogP contribution in [0.25, 0.3) is 0 Å². The summed E-state index contributed by atoms with van der Waals surface area (Å²) in [7, 11) is 1.72. The molecule has 2 aromatic rings. The van der Waals surface area contributed by atoms with Crippen molar-refractivity contribution >= 4 is 0 Å². The molecule has 1 unspecified atom stereocenters. The summed E-state index contributed by atoms with van der Waals surface area (Å²) in [4.78, 5) is 0. The van der Waals surface area contributed by atoms with Crippen molar-refractivity contribution in [3.05, 3.63) is 59.7 Å². The van der Waals surface area contributed by atoms with Crippen LogP contribution in [0.3, 0.4) is 0 Å². The molecule has 0 spiro atoms. The van der Waals surface area contributed by atoms with Crippen molar-refractivity contribution in [1.82, 2.24) is 5.32 Å². The number of hydrogen-bond acceptors (Lipinski definition) is 3. The van der Waals surface area contributed by atoms with Gasteiger partial charge in [0.2, 0.25) is 0 Å². The molecule has 0 radical (unpaired) electrons. The molecule has 1 aliphatic heterocycles. The molecule has 1 N–H and O–H groups in total. The quantitative estimate of drug-likeness (QED) is 0.588. The number of hydrogen-bond donors (Lipinski definition) is 1. The summed E-state index contributed by atoms with van der Waals surface area (Å²) in [5, 5.41) is 3.60. The summed E-state index contributed by atoms with van der Waals surface area (Å²) >= 11 is 0. The standard InChI is InChI=1S/C24H33NO2/c1-26-23-14-8-10-20(19-23)9-2-3-11-21-12-4-5-15-24(21)27-18-16-22-13-6-7-17-25-22/h4-5,8,10,12,14-15,19,22,25H,2-3,6-7,9,11,13,16-18H2,1H3. The van der Waals surface area contributed by atoms with E-state index in [1.165, 1.54) is 43.2 Å². The molecule has 3 rings (SSSR count). The van der Waals surface area contributed by atoms with Crippen molar-refractivity contribution in [3.8, 4) is 11.5 Å². The average Bonchev–Trinajstić information content (AvgIpc) is 2.73. The van der Waals surface area contributed by atoms with Crippen molar-refractivity contribution in [2.45, 2.75) is 57.4 Å². The van der Waals surface area contributed by atoms with Gasteiger partial charge in [-0.2, -0.15) is 0 Å². The van der Waals surface area contributed by atoms with Crippen LogP contribution in [0, 0.1) is 0 Å². The van der Waals surface area contributed by atoms with E-state index in [0.29, 0.717) is 6.04 Å². The van der Waals surface area contributed by atoms with Crippen LogP contribution in [0.1, 0.15) is 49.7 Å². The Bertz CT molecular complexity index is 680. The summed E-state index contributed by atoms with van der Waals surface area (Å²) < 4.78 is 11.4. The molecule has 0 aromatic heterocycles. The minimum atomic E-state index is 0.633. The predicted octanol–water partition coefficient (Wildman–Crippen LogP) is 5.17. The van der Waals surface area contributed by atoms with Gasteiger partial charge < -0.3 is 14.8 Å². The Labute approximate surface area is 164 Å². The lowest BCUT2D eigenvalue weighted by Crippen LogP contribution is -2.35. The van der Waals surface area contributed by atoms with E-state index < -0.39 is 0 Å². The van der Waals surface area contributed by atoms with Crippen LogP contribution in [0.15, 0.2) is 48.5 Å². The monoisotopic (exact) mass is 367 g/mol. The molecule has 1 aliphatic rings. The maximum absolute atomic E-state index is 6.13. The lowest BCUT2D eigenvalue weighted by molar-refractivity contribution is 0.266. The second kappa shape index (κ2) is 11.0. The van der Waals surface area contributed by atoms with Gasteiger partial charge in [0, 0.05) is 6.04 Å². The molecule has 146 valence electrons. The summed E-state index contributed by atoms with van der Waals surface area (Å²) in [5.74, 6) is 2.01. The lowest BCUT2D eigenvalue weighted by atomic mass is 10.0. The minimum absolute atomic E-state index is 0.633. The number of piperidine rings is 1. The van der Waals surface area contributed by atoms with Crippen LogP contribution in [-0.2, 0) is 12.8 Å². The van der Waals surface area contributed by atoms with E-state index in [-0.39, 0.29) is 0 Å². The molecule has 1 atom stereocenters. The Morgan fingerprint density at radius 3 is 2.74 bits per heavy atom. The van der Waals surface area contributed by atoms with Crippen molar-refractivity contribution in [2.75, 3.05) is 20.3 Å². The smallest absolute Gasteiger partial charge is 0.122 e. The molecule has 0 aliphatic carbocycles. The Kier molecular flexibility index (Phi) is 8.03. The van der Waals surface area contributed by atoms with Crippen molar-refractivity contribution in [1.29, 1.82) is 0 Å². The van der Waals surface area contributed by atoms with Crippen molar-refractivity contribution in [2.24, 2.45) is 0 Å². The van der Waals surface area contributed by atoms with Gasteiger partial charge in [-0.1, -0.05) is 36.8 Å². The Morgan fingerprint density at radius 1 is 1.00 bits per heavy atom. The molecule has 1 fully saturated rings. The third-order valence-corrected chi connectivity index (χ3v) is 5.40. The van der Waals surface area contributed by atoms with Gasteiger partial charge in [0.05, 0.1) is 13.7 Å². The van der Waals surface area contributed by atoms with Gasteiger partial charge in [-0.25, -0.2) is 0 Å². The molecule has 0 bridgehead atoms. The van der Waals surface area contributed by atoms with E-state index in [2.05, 4.69) is 47.8 Å². The number of aryl methyl sites for hydroxylation is 2. The second-order valence-corrected chi connectivity index (χ2v) is 7.45. The summed E-state index contributed by atoms with van der Waals surface area (Å²) in [6.07, 6.45) is 9.56. The first-order chi connectivity index (χ1) is 13.3. The zero-order valence-corrected chi connectivity index (χ0v) is 16.6. The largest absolute Gasteiger partial charge is 0.497 e.